The molecule has 6 nitrogen and oxygen atoms in total. The van der Waals surface area contributed by atoms with E-state index < -0.39 is 11.7 Å². The second-order valence-corrected chi connectivity index (χ2v) is 4.92. The van der Waals surface area contributed by atoms with E-state index >= 15 is 0 Å². The lowest BCUT2D eigenvalue weighted by Gasteiger charge is -2.07. The average Bonchev–Trinajstić information content (AvgIpc) is 2.86. The molecule has 22 heavy (non-hydrogen) atoms. The molecule has 3 aromatic rings. The lowest BCUT2D eigenvalue weighted by Crippen LogP contribution is -2.27. The Morgan fingerprint density at radius 2 is 2.18 bits per heavy atom. The molecule has 0 aliphatic heterocycles. The number of fused-ring (bicyclic) bond motifs is 1. The highest BCUT2D eigenvalue weighted by Crippen LogP contribution is 2.12. The topological polar surface area (TPSA) is 79.8 Å². The number of carbonyl (C=O) groups excluding carboxylic acids is 1. The predicted molar refractivity (Wildman–Crippen MR) is 80.1 cm³/mol. The Hall–Kier alpha value is -2.96. The predicted octanol–water partition coefficient (Wildman–Crippen LogP) is 1.81. The fourth-order valence-corrected chi connectivity index (χ4v) is 2.19. The number of benzene rings is 1. The van der Waals surface area contributed by atoms with Crippen molar-refractivity contribution in [3.8, 4) is 0 Å². The van der Waals surface area contributed by atoms with Crippen molar-refractivity contribution in [1.29, 1.82) is 0 Å². The molecule has 0 atom stereocenters. The third-order valence-electron chi connectivity index (χ3n) is 3.21. The molecular weight excluding hydrogens is 287 g/mol. The van der Waals surface area contributed by atoms with E-state index in [1.165, 1.54) is 29.1 Å². The van der Waals surface area contributed by atoms with Gasteiger partial charge in [-0.3, -0.25) is 14.2 Å². The first-order valence-electron chi connectivity index (χ1n) is 6.64. The second-order valence-electron chi connectivity index (χ2n) is 4.92. The maximum Gasteiger partial charge on any atom is 0.263 e. The minimum atomic E-state index is -0.530. The number of nitrogens with one attached hydrogen (secondary N) is 2. The summed E-state index contributed by atoms with van der Waals surface area (Å²) >= 11 is 0. The number of aryl methyl sites for hydroxylation is 1. The highest BCUT2D eigenvalue weighted by Gasteiger charge is 2.11. The fraction of sp³-hybridized carbons (Fsp3) is 0.133. The number of carbonyl (C=O) groups is 1. The van der Waals surface area contributed by atoms with Crippen LogP contribution in [-0.2, 0) is 11.3 Å². The molecule has 2 N–H and O–H groups in total. The molecule has 2 heterocycles. The monoisotopic (exact) mass is 300 g/mol. The number of aromatic amines is 1. The highest BCUT2D eigenvalue weighted by atomic mass is 19.1. The van der Waals surface area contributed by atoms with Crippen molar-refractivity contribution in [3.05, 3.63) is 58.5 Å². The zero-order chi connectivity index (χ0) is 15.7. The van der Waals surface area contributed by atoms with Crippen LogP contribution in [0.5, 0.6) is 0 Å². The van der Waals surface area contributed by atoms with E-state index in [1.807, 2.05) is 6.92 Å². The van der Waals surface area contributed by atoms with Gasteiger partial charge in [0.15, 0.2) is 0 Å². The summed E-state index contributed by atoms with van der Waals surface area (Å²) in [5.74, 6) is -1.03. The summed E-state index contributed by atoms with van der Waals surface area (Å²) in [6.07, 6.45) is 1.29. The van der Waals surface area contributed by atoms with Crippen molar-refractivity contribution in [2.45, 2.75) is 13.5 Å². The SMILES string of the molecule is Cc1cc2c(=O)n(CC(=O)Nc3ccccc3F)cnc2[nH]1. The minimum absolute atomic E-state index is 0.0760. The number of H-pyrrole nitrogens is 1. The molecule has 0 unspecified atom stereocenters. The molecule has 0 saturated heterocycles. The number of anilines is 1. The Morgan fingerprint density at radius 3 is 2.95 bits per heavy atom. The van der Waals surface area contributed by atoms with Crippen LogP contribution in [0.2, 0.25) is 0 Å². The Labute approximate surface area is 124 Å². The summed E-state index contributed by atoms with van der Waals surface area (Å²) in [5.41, 5.74) is 1.05. The first kappa shape index (κ1) is 14.0. The van der Waals surface area contributed by atoms with Gasteiger partial charge >= 0.3 is 0 Å². The number of amides is 1. The molecule has 1 aromatic carbocycles. The maximum atomic E-state index is 13.5. The van der Waals surface area contributed by atoms with Gasteiger partial charge in [0, 0.05) is 5.69 Å². The van der Waals surface area contributed by atoms with Crippen molar-refractivity contribution in [3.63, 3.8) is 0 Å². The van der Waals surface area contributed by atoms with Gasteiger partial charge in [0.1, 0.15) is 24.3 Å². The van der Waals surface area contributed by atoms with E-state index in [-0.39, 0.29) is 17.8 Å². The Morgan fingerprint density at radius 1 is 1.41 bits per heavy atom. The third-order valence-corrected chi connectivity index (χ3v) is 3.21. The smallest absolute Gasteiger partial charge is 0.263 e. The molecule has 3 rings (SSSR count). The molecule has 0 saturated carbocycles. The van der Waals surface area contributed by atoms with Gasteiger partial charge in [0.25, 0.3) is 5.56 Å². The normalized spacial score (nSPS) is 10.8. The van der Waals surface area contributed by atoms with Crippen LogP contribution in [-0.4, -0.2) is 20.4 Å². The quantitative estimate of drug-likeness (QED) is 0.774. The first-order chi connectivity index (χ1) is 10.5. The van der Waals surface area contributed by atoms with E-state index in [2.05, 4.69) is 15.3 Å². The van der Waals surface area contributed by atoms with Gasteiger partial charge in [0.2, 0.25) is 5.91 Å². The van der Waals surface area contributed by atoms with Gasteiger partial charge in [-0.1, -0.05) is 12.1 Å². The van der Waals surface area contributed by atoms with E-state index in [0.29, 0.717) is 11.0 Å². The molecule has 0 radical (unpaired) electrons. The highest BCUT2D eigenvalue weighted by molar-refractivity contribution is 5.90. The largest absolute Gasteiger partial charge is 0.343 e. The summed E-state index contributed by atoms with van der Waals surface area (Å²) in [7, 11) is 0. The van der Waals surface area contributed by atoms with Crippen LogP contribution in [0.3, 0.4) is 0 Å². The summed E-state index contributed by atoms with van der Waals surface area (Å²) in [6, 6.07) is 7.52. The molecule has 2 aromatic heterocycles. The molecule has 7 heteroatoms. The molecular formula is C15H13FN4O2. The number of hydrogen-bond acceptors (Lipinski definition) is 3. The lowest BCUT2D eigenvalue weighted by molar-refractivity contribution is -0.116. The van der Waals surface area contributed by atoms with E-state index in [9.17, 15) is 14.0 Å². The zero-order valence-electron chi connectivity index (χ0n) is 11.8. The summed E-state index contributed by atoms with van der Waals surface area (Å²) in [4.78, 5) is 31.2. The van der Waals surface area contributed by atoms with Crippen LogP contribution in [0.25, 0.3) is 11.0 Å². The average molecular weight is 300 g/mol. The van der Waals surface area contributed by atoms with Gasteiger partial charge in [-0.25, -0.2) is 9.37 Å². The van der Waals surface area contributed by atoms with Gasteiger partial charge in [0.05, 0.1) is 11.1 Å². The van der Waals surface area contributed by atoms with Crippen molar-refractivity contribution in [1.82, 2.24) is 14.5 Å². The minimum Gasteiger partial charge on any atom is -0.343 e. The van der Waals surface area contributed by atoms with Gasteiger partial charge in [-0.15, -0.1) is 0 Å². The summed E-state index contributed by atoms with van der Waals surface area (Å²) < 4.78 is 14.7. The molecule has 0 fully saturated rings. The van der Waals surface area contributed by atoms with Crippen LogP contribution < -0.4 is 10.9 Å². The molecule has 1 amide bonds. The van der Waals surface area contributed by atoms with Crippen LogP contribution in [0.1, 0.15) is 5.69 Å². The van der Waals surface area contributed by atoms with Gasteiger partial charge in [-0.05, 0) is 25.1 Å². The number of nitrogens with zero attached hydrogens (tertiary/aromatic N) is 2. The van der Waals surface area contributed by atoms with Crippen LogP contribution in [0, 0.1) is 12.7 Å². The van der Waals surface area contributed by atoms with Gasteiger partial charge < -0.3 is 10.3 Å². The first-order valence-corrected chi connectivity index (χ1v) is 6.64. The number of para-hydroxylation sites is 1. The third kappa shape index (κ3) is 2.60. The fourth-order valence-electron chi connectivity index (χ4n) is 2.19. The number of hydrogen-bond donors (Lipinski definition) is 2. The second kappa shape index (κ2) is 5.44. The van der Waals surface area contributed by atoms with E-state index in [4.69, 9.17) is 0 Å². The van der Waals surface area contributed by atoms with Crippen molar-refractivity contribution in [2.24, 2.45) is 0 Å². The van der Waals surface area contributed by atoms with Crippen LogP contribution in [0.4, 0.5) is 10.1 Å². The number of rotatable bonds is 3. The molecule has 0 spiro atoms. The summed E-state index contributed by atoms with van der Waals surface area (Å²) in [5, 5.41) is 2.85. The van der Waals surface area contributed by atoms with Crippen molar-refractivity contribution >= 4 is 22.6 Å². The van der Waals surface area contributed by atoms with Crippen molar-refractivity contribution < 1.29 is 9.18 Å². The maximum absolute atomic E-state index is 13.5. The molecule has 0 aliphatic rings. The zero-order valence-corrected chi connectivity index (χ0v) is 11.8. The Bertz CT molecular complexity index is 913. The standard InChI is InChI=1S/C15H13FN4O2/c1-9-6-10-14(18-9)17-8-20(15(10)22)7-13(21)19-12-5-3-2-4-11(12)16/h2-6,8,18H,7H2,1H3,(H,19,21). The number of aromatic nitrogens is 3. The van der Waals surface area contributed by atoms with Crippen molar-refractivity contribution in [2.75, 3.05) is 5.32 Å². The summed E-state index contributed by atoms with van der Waals surface area (Å²) in [6.45, 7) is 1.58. The number of halogens is 1. The Balaban J connectivity index is 1.84. The lowest BCUT2D eigenvalue weighted by atomic mass is 10.3. The van der Waals surface area contributed by atoms with E-state index in [0.717, 1.165) is 5.69 Å². The van der Waals surface area contributed by atoms with Crippen LogP contribution in [0.15, 0.2) is 41.5 Å². The molecule has 0 aliphatic carbocycles. The molecule has 112 valence electrons. The molecule has 0 bridgehead atoms. The van der Waals surface area contributed by atoms with Crippen LogP contribution >= 0.6 is 0 Å². The van der Waals surface area contributed by atoms with Gasteiger partial charge in [-0.2, -0.15) is 0 Å². The van der Waals surface area contributed by atoms with E-state index in [1.54, 1.807) is 12.1 Å². The Kier molecular flexibility index (Phi) is 3.46.